The average Bonchev–Trinajstić information content (AvgIpc) is 2.87. The van der Waals surface area contributed by atoms with Crippen LogP contribution in [0, 0.1) is 0 Å². The van der Waals surface area contributed by atoms with E-state index in [1.165, 1.54) is 0 Å². The molecule has 6 nitrogen and oxygen atoms in total. The highest BCUT2D eigenvalue weighted by Gasteiger charge is 2.14. The normalized spacial score (nSPS) is 10.7. The number of carbonyl (C=O) groups excluding carboxylic acids is 1. The highest BCUT2D eigenvalue weighted by Crippen LogP contribution is 2.24. The second kappa shape index (κ2) is 11.3. The zero-order chi connectivity index (χ0) is 24.6. The Morgan fingerprint density at radius 3 is 2.23 bits per heavy atom. The smallest absolute Gasteiger partial charge is 0.229 e. The van der Waals surface area contributed by atoms with Gasteiger partial charge in [-0.1, -0.05) is 42.5 Å². The molecule has 0 bridgehead atoms. The van der Waals surface area contributed by atoms with Crippen LogP contribution in [-0.2, 0) is 17.6 Å². The summed E-state index contributed by atoms with van der Waals surface area (Å²) in [5.74, 6) is 1.88. The van der Waals surface area contributed by atoms with Gasteiger partial charge in [-0.25, -0.2) is 9.97 Å². The second-order valence-corrected chi connectivity index (χ2v) is 8.48. The van der Waals surface area contributed by atoms with Crippen LogP contribution in [0.4, 0.5) is 5.82 Å². The first-order chi connectivity index (χ1) is 17.0. The van der Waals surface area contributed by atoms with E-state index in [1.54, 1.807) is 13.3 Å². The number of nitrogens with zero attached hydrogens (tertiary/aromatic N) is 2. The first-order valence-corrected chi connectivity index (χ1v) is 11.6. The van der Waals surface area contributed by atoms with Gasteiger partial charge in [-0.3, -0.25) is 4.79 Å². The molecule has 0 aliphatic carbocycles. The fourth-order valence-electron chi connectivity index (χ4n) is 3.66. The number of anilines is 1. The van der Waals surface area contributed by atoms with E-state index < -0.39 is 0 Å². The number of rotatable bonds is 9. The number of aromatic nitrogens is 2. The van der Waals surface area contributed by atoms with E-state index in [-0.39, 0.29) is 18.4 Å². The summed E-state index contributed by atoms with van der Waals surface area (Å²) in [4.78, 5) is 22.3. The van der Waals surface area contributed by atoms with Gasteiger partial charge < -0.3 is 14.8 Å². The van der Waals surface area contributed by atoms with E-state index in [2.05, 4.69) is 10.3 Å². The van der Waals surface area contributed by atoms with Gasteiger partial charge in [-0.05, 0) is 61.4 Å². The molecule has 4 aromatic rings. The van der Waals surface area contributed by atoms with Gasteiger partial charge in [-0.2, -0.15) is 0 Å². The lowest BCUT2D eigenvalue weighted by atomic mass is 10.1. The molecular formula is C29H29N3O3. The summed E-state index contributed by atoms with van der Waals surface area (Å²) in [6, 6.07) is 25.3. The Bertz CT molecular complexity index is 1250. The molecule has 0 fully saturated rings. The van der Waals surface area contributed by atoms with E-state index in [9.17, 15) is 4.79 Å². The minimum Gasteiger partial charge on any atom is -0.497 e. The molecular weight excluding hydrogens is 438 g/mol. The fraction of sp³-hybridized carbons (Fsp3) is 0.207. The molecule has 3 aromatic carbocycles. The molecule has 0 spiro atoms. The molecule has 6 heteroatoms. The molecule has 0 saturated heterocycles. The summed E-state index contributed by atoms with van der Waals surface area (Å²) in [5.41, 5.74) is 4.35. The number of amides is 1. The maximum absolute atomic E-state index is 12.9. The monoisotopic (exact) mass is 467 g/mol. The quantitative estimate of drug-likeness (QED) is 0.341. The first-order valence-electron chi connectivity index (χ1n) is 11.6. The number of nitrogens with one attached hydrogen (secondary N) is 1. The summed E-state index contributed by atoms with van der Waals surface area (Å²) >= 11 is 0. The summed E-state index contributed by atoms with van der Waals surface area (Å²) in [5, 5.41) is 2.96. The Hall–Kier alpha value is -4.19. The van der Waals surface area contributed by atoms with Gasteiger partial charge in [0.1, 0.15) is 11.5 Å². The van der Waals surface area contributed by atoms with Crippen LogP contribution in [-0.4, -0.2) is 29.1 Å². The number of carbonyl (C=O) groups is 1. The van der Waals surface area contributed by atoms with Crippen molar-refractivity contribution in [2.75, 3.05) is 12.4 Å². The van der Waals surface area contributed by atoms with Crippen molar-refractivity contribution in [3.63, 3.8) is 0 Å². The summed E-state index contributed by atoms with van der Waals surface area (Å²) in [7, 11) is 1.64. The molecule has 35 heavy (non-hydrogen) atoms. The van der Waals surface area contributed by atoms with Crippen LogP contribution in [0.15, 0.2) is 85.1 Å². The standard InChI is InChI=1S/C29H29N3O3/c1-20(2)35-25-13-9-22(10-14-25)18-28(33)32-29-26(17-21-7-5-4-6-8-21)31-27(19-30-29)23-11-15-24(34-3)16-12-23/h4-16,19-20H,17-18H2,1-3H3,(H,30,32,33). The lowest BCUT2D eigenvalue weighted by molar-refractivity contribution is -0.115. The molecule has 0 aliphatic heterocycles. The predicted octanol–water partition coefficient (Wildman–Crippen LogP) is 5.71. The van der Waals surface area contributed by atoms with Gasteiger partial charge in [0.2, 0.25) is 5.91 Å². The number of hydrogen-bond donors (Lipinski definition) is 1. The molecule has 0 aliphatic rings. The molecule has 4 rings (SSSR count). The molecule has 1 N–H and O–H groups in total. The minimum absolute atomic E-state index is 0.103. The van der Waals surface area contributed by atoms with Crippen molar-refractivity contribution in [3.8, 4) is 22.8 Å². The summed E-state index contributed by atoms with van der Waals surface area (Å²) in [6.07, 6.45) is 2.57. The Labute approximate surface area is 206 Å². The van der Waals surface area contributed by atoms with Crippen molar-refractivity contribution >= 4 is 11.7 Å². The third kappa shape index (κ3) is 6.67. The fourth-order valence-corrected chi connectivity index (χ4v) is 3.66. The van der Waals surface area contributed by atoms with E-state index >= 15 is 0 Å². The first kappa shape index (κ1) is 24.0. The van der Waals surface area contributed by atoms with Crippen molar-refractivity contribution in [2.45, 2.75) is 32.8 Å². The number of hydrogen-bond acceptors (Lipinski definition) is 5. The van der Waals surface area contributed by atoms with Gasteiger partial charge >= 0.3 is 0 Å². The number of methoxy groups -OCH3 is 1. The van der Waals surface area contributed by atoms with Crippen LogP contribution in [0.3, 0.4) is 0 Å². The van der Waals surface area contributed by atoms with Crippen LogP contribution < -0.4 is 14.8 Å². The van der Waals surface area contributed by atoms with Crippen molar-refractivity contribution in [1.29, 1.82) is 0 Å². The molecule has 1 aromatic heterocycles. The maximum atomic E-state index is 12.9. The predicted molar refractivity (Wildman–Crippen MR) is 138 cm³/mol. The van der Waals surface area contributed by atoms with E-state index in [4.69, 9.17) is 14.5 Å². The van der Waals surface area contributed by atoms with E-state index in [0.717, 1.165) is 33.9 Å². The van der Waals surface area contributed by atoms with Crippen molar-refractivity contribution in [1.82, 2.24) is 9.97 Å². The lowest BCUT2D eigenvalue weighted by Crippen LogP contribution is -2.17. The third-order valence-electron chi connectivity index (χ3n) is 5.36. The SMILES string of the molecule is COc1ccc(-c2cnc(NC(=O)Cc3ccc(OC(C)C)cc3)c(Cc3ccccc3)n2)cc1. The Balaban J connectivity index is 1.54. The lowest BCUT2D eigenvalue weighted by Gasteiger charge is -2.13. The second-order valence-electron chi connectivity index (χ2n) is 8.48. The third-order valence-corrected chi connectivity index (χ3v) is 5.36. The molecule has 1 amide bonds. The van der Waals surface area contributed by atoms with Crippen LogP contribution in [0.5, 0.6) is 11.5 Å². The highest BCUT2D eigenvalue weighted by molar-refractivity contribution is 5.92. The van der Waals surface area contributed by atoms with Crippen LogP contribution in [0.1, 0.15) is 30.7 Å². The maximum Gasteiger partial charge on any atom is 0.229 e. The molecule has 1 heterocycles. The Morgan fingerprint density at radius 1 is 0.886 bits per heavy atom. The minimum atomic E-state index is -0.150. The van der Waals surface area contributed by atoms with Gasteiger partial charge in [0.15, 0.2) is 5.82 Å². The van der Waals surface area contributed by atoms with Crippen LogP contribution in [0.25, 0.3) is 11.3 Å². The van der Waals surface area contributed by atoms with Crippen LogP contribution in [0.2, 0.25) is 0 Å². The van der Waals surface area contributed by atoms with Crippen molar-refractivity contribution in [2.24, 2.45) is 0 Å². The zero-order valence-electron chi connectivity index (χ0n) is 20.2. The molecule has 0 radical (unpaired) electrons. The zero-order valence-corrected chi connectivity index (χ0v) is 20.2. The topological polar surface area (TPSA) is 73.3 Å². The van der Waals surface area contributed by atoms with E-state index in [0.29, 0.717) is 17.9 Å². The van der Waals surface area contributed by atoms with E-state index in [1.807, 2.05) is 92.7 Å². The molecule has 178 valence electrons. The van der Waals surface area contributed by atoms with Gasteiger partial charge in [0, 0.05) is 12.0 Å². The average molecular weight is 468 g/mol. The summed E-state index contributed by atoms with van der Waals surface area (Å²) in [6.45, 7) is 3.96. The van der Waals surface area contributed by atoms with Gasteiger partial charge in [0.25, 0.3) is 0 Å². The number of benzene rings is 3. The molecule has 0 atom stereocenters. The molecule has 0 saturated carbocycles. The van der Waals surface area contributed by atoms with Crippen molar-refractivity contribution < 1.29 is 14.3 Å². The molecule has 0 unspecified atom stereocenters. The Kier molecular flexibility index (Phi) is 7.73. The summed E-state index contributed by atoms with van der Waals surface area (Å²) < 4.78 is 10.9. The number of ether oxygens (including phenoxy) is 2. The van der Waals surface area contributed by atoms with Gasteiger partial charge in [-0.15, -0.1) is 0 Å². The highest BCUT2D eigenvalue weighted by atomic mass is 16.5. The van der Waals surface area contributed by atoms with Gasteiger partial charge in [0.05, 0.1) is 37.2 Å². The largest absolute Gasteiger partial charge is 0.497 e. The Morgan fingerprint density at radius 2 is 1.57 bits per heavy atom. The van der Waals surface area contributed by atoms with Crippen LogP contribution >= 0.6 is 0 Å². The van der Waals surface area contributed by atoms with Crippen molar-refractivity contribution in [3.05, 3.63) is 102 Å².